The molecule has 0 radical (unpaired) electrons. The van der Waals surface area contributed by atoms with Gasteiger partial charge in [-0.05, 0) is 33.6 Å². The lowest BCUT2D eigenvalue weighted by atomic mass is 9.96. The van der Waals surface area contributed by atoms with Crippen molar-refractivity contribution >= 4 is 11.9 Å². The molecule has 1 aliphatic rings. The van der Waals surface area contributed by atoms with Gasteiger partial charge >= 0.3 is 5.97 Å². The number of hydrogen-bond acceptors (Lipinski definition) is 3. The lowest BCUT2D eigenvalue weighted by Gasteiger charge is -2.21. The lowest BCUT2D eigenvalue weighted by Crippen LogP contribution is -2.35. The van der Waals surface area contributed by atoms with E-state index in [1.807, 2.05) is 20.8 Å². The van der Waals surface area contributed by atoms with Gasteiger partial charge in [-0.15, -0.1) is 0 Å². The molecule has 0 aromatic heterocycles. The summed E-state index contributed by atoms with van der Waals surface area (Å²) in [7, 11) is 0. The van der Waals surface area contributed by atoms with Gasteiger partial charge in [0, 0.05) is 12.5 Å². The van der Waals surface area contributed by atoms with E-state index in [1.54, 1.807) is 0 Å². The minimum atomic E-state index is -0.479. The average molecular weight is 283 g/mol. The van der Waals surface area contributed by atoms with Crippen LogP contribution < -0.4 is 5.32 Å². The highest BCUT2D eigenvalue weighted by atomic mass is 16.6. The first kappa shape index (κ1) is 17.0. The van der Waals surface area contributed by atoms with Gasteiger partial charge in [-0.3, -0.25) is 9.59 Å². The molecular weight excluding hydrogens is 254 g/mol. The van der Waals surface area contributed by atoms with Crippen molar-refractivity contribution in [3.63, 3.8) is 0 Å². The summed E-state index contributed by atoms with van der Waals surface area (Å²) in [6.07, 6.45) is 8.76. The molecule has 4 nitrogen and oxygen atoms in total. The molecule has 0 aliphatic heterocycles. The summed E-state index contributed by atoms with van der Waals surface area (Å²) < 4.78 is 5.20. The number of hydrogen-bond donors (Lipinski definition) is 1. The summed E-state index contributed by atoms with van der Waals surface area (Å²) in [6, 6.07) is 0.293. The maximum absolute atomic E-state index is 11.9. The molecular formula is C16H29NO3. The predicted molar refractivity (Wildman–Crippen MR) is 79.3 cm³/mol. The zero-order chi connectivity index (χ0) is 15.0. The second kappa shape index (κ2) is 8.28. The van der Waals surface area contributed by atoms with Gasteiger partial charge in [0.25, 0.3) is 0 Å². The van der Waals surface area contributed by atoms with Crippen LogP contribution in [0.5, 0.6) is 0 Å². The van der Waals surface area contributed by atoms with Crippen LogP contribution in [-0.4, -0.2) is 23.5 Å². The predicted octanol–water partition coefficient (Wildman–Crippen LogP) is 3.34. The highest BCUT2D eigenvalue weighted by Crippen LogP contribution is 2.17. The van der Waals surface area contributed by atoms with Crippen molar-refractivity contribution in [2.75, 3.05) is 0 Å². The first-order chi connectivity index (χ1) is 9.37. The Morgan fingerprint density at radius 1 is 1.00 bits per heavy atom. The van der Waals surface area contributed by atoms with Crippen molar-refractivity contribution in [2.45, 2.75) is 90.2 Å². The molecule has 1 aliphatic carbocycles. The summed E-state index contributed by atoms with van der Waals surface area (Å²) in [5.74, 6) is -0.327. The summed E-state index contributed by atoms with van der Waals surface area (Å²) in [4.78, 5) is 23.4. The summed E-state index contributed by atoms with van der Waals surface area (Å²) in [5.41, 5.74) is -0.479. The Morgan fingerprint density at radius 2 is 1.55 bits per heavy atom. The van der Waals surface area contributed by atoms with E-state index in [0.717, 1.165) is 12.8 Å². The normalized spacial score (nSPS) is 17.9. The summed E-state index contributed by atoms with van der Waals surface area (Å²) >= 11 is 0. The zero-order valence-corrected chi connectivity index (χ0v) is 13.2. The van der Waals surface area contributed by atoms with E-state index in [9.17, 15) is 9.59 Å². The van der Waals surface area contributed by atoms with Crippen LogP contribution in [0.25, 0.3) is 0 Å². The Hall–Kier alpha value is -1.06. The van der Waals surface area contributed by atoms with Crippen molar-refractivity contribution in [1.82, 2.24) is 5.32 Å². The van der Waals surface area contributed by atoms with Gasteiger partial charge in [0.05, 0.1) is 6.42 Å². The number of nitrogens with one attached hydrogen (secondary N) is 1. The van der Waals surface area contributed by atoms with Crippen LogP contribution in [0.1, 0.15) is 78.6 Å². The second-order valence-corrected chi connectivity index (χ2v) is 6.70. The number of carbonyl (C=O) groups excluding carboxylic acids is 2. The van der Waals surface area contributed by atoms with E-state index in [1.165, 1.54) is 32.1 Å². The second-order valence-electron chi connectivity index (χ2n) is 6.70. The van der Waals surface area contributed by atoms with E-state index >= 15 is 0 Å². The SMILES string of the molecule is CC(C)(C)OC(=O)CCC(=O)NC1CCCCCCC1. The van der Waals surface area contributed by atoms with Crippen LogP contribution in [0, 0.1) is 0 Å². The van der Waals surface area contributed by atoms with Crippen molar-refractivity contribution in [3.05, 3.63) is 0 Å². The van der Waals surface area contributed by atoms with Gasteiger partial charge in [-0.25, -0.2) is 0 Å². The highest BCUT2D eigenvalue weighted by Gasteiger charge is 2.18. The molecule has 1 N–H and O–H groups in total. The Labute approximate surface area is 122 Å². The summed E-state index contributed by atoms with van der Waals surface area (Å²) in [5, 5.41) is 3.06. The molecule has 0 heterocycles. The third-order valence-corrected chi connectivity index (χ3v) is 3.45. The van der Waals surface area contributed by atoms with E-state index < -0.39 is 5.60 Å². The van der Waals surface area contributed by atoms with E-state index in [0.29, 0.717) is 6.04 Å². The number of carbonyl (C=O) groups is 2. The Kier molecular flexibility index (Phi) is 7.03. The maximum Gasteiger partial charge on any atom is 0.306 e. The molecule has 0 saturated heterocycles. The topological polar surface area (TPSA) is 55.4 Å². The van der Waals surface area contributed by atoms with Crippen LogP contribution in [0.15, 0.2) is 0 Å². The standard InChI is InChI=1S/C16H29NO3/c1-16(2,3)20-15(19)12-11-14(18)17-13-9-7-5-4-6-8-10-13/h13H,4-12H2,1-3H3,(H,17,18). The molecule has 1 fully saturated rings. The van der Waals surface area contributed by atoms with Crippen molar-refractivity contribution in [2.24, 2.45) is 0 Å². The lowest BCUT2D eigenvalue weighted by molar-refractivity contribution is -0.155. The maximum atomic E-state index is 11.9. The fraction of sp³-hybridized carbons (Fsp3) is 0.875. The molecule has 0 aromatic rings. The molecule has 116 valence electrons. The number of ether oxygens (including phenoxy) is 1. The molecule has 0 unspecified atom stereocenters. The van der Waals surface area contributed by atoms with Crippen molar-refractivity contribution in [3.8, 4) is 0 Å². The average Bonchev–Trinajstić information content (AvgIpc) is 2.27. The minimum Gasteiger partial charge on any atom is -0.460 e. The largest absolute Gasteiger partial charge is 0.460 e. The molecule has 20 heavy (non-hydrogen) atoms. The minimum absolute atomic E-state index is 0.0265. The quantitative estimate of drug-likeness (QED) is 0.805. The first-order valence-electron chi connectivity index (χ1n) is 7.88. The van der Waals surface area contributed by atoms with E-state index in [-0.39, 0.29) is 24.7 Å². The van der Waals surface area contributed by atoms with Gasteiger partial charge in [0.15, 0.2) is 0 Å². The monoisotopic (exact) mass is 283 g/mol. The van der Waals surface area contributed by atoms with Gasteiger partial charge < -0.3 is 10.1 Å². The van der Waals surface area contributed by atoms with Crippen LogP contribution in [-0.2, 0) is 14.3 Å². The Morgan fingerprint density at radius 3 is 2.10 bits per heavy atom. The highest BCUT2D eigenvalue weighted by molar-refractivity contribution is 5.81. The summed E-state index contributed by atoms with van der Waals surface area (Å²) in [6.45, 7) is 5.50. The molecule has 0 atom stereocenters. The van der Waals surface area contributed by atoms with Crippen LogP contribution in [0.2, 0.25) is 0 Å². The third-order valence-electron chi connectivity index (χ3n) is 3.45. The van der Waals surface area contributed by atoms with Gasteiger partial charge in [-0.2, -0.15) is 0 Å². The van der Waals surface area contributed by atoms with E-state index in [4.69, 9.17) is 4.74 Å². The first-order valence-corrected chi connectivity index (χ1v) is 7.88. The smallest absolute Gasteiger partial charge is 0.306 e. The molecule has 0 aromatic carbocycles. The zero-order valence-electron chi connectivity index (χ0n) is 13.2. The van der Waals surface area contributed by atoms with Crippen molar-refractivity contribution < 1.29 is 14.3 Å². The fourth-order valence-electron chi connectivity index (χ4n) is 2.51. The van der Waals surface area contributed by atoms with Crippen LogP contribution >= 0.6 is 0 Å². The number of rotatable bonds is 4. The number of amides is 1. The van der Waals surface area contributed by atoms with Gasteiger partial charge in [-0.1, -0.05) is 32.1 Å². The van der Waals surface area contributed by atoms with Gasteiger partial charge in [0.2, 0.25) is 5.91 Å². The van der Waals surface area contributed by atoms with Crippen LogP contribution in [0.3, 0.4) is 0 Å². The molecule has 1 amide bonds. The van der Waals surface area contributed by atoms with Gasteiger partial charge in [0.1, 0.15) is 5.60 Å². The number of esters is 1. The molecule has 4 heteroatoms. The fourth-order valence-corrected chi connectivity index (χ4v) is 2.51. The van der Waals surface area contributed by atoms with E-state index in [2.05, 4.69) is 5.32 Å². The Bertz CT molecular complexity index is 312. The van der Waals surface area contributed by atoms with Crippen molar-refractivity contribution in [1.29, 1.82) is 0 Å². The third kappa shape index (κ3) is 8.18. The van der Waals surface area contributed by atoms with Crippen LogP contribution in [0.4, 0.5) is 0 Å². The molecule has 0 spiro atoms. The molecule has 0 bridgehead atoms. The molecule has 1 rings (SSSR count). The molecule has 1 saturated carbocycles. The Balaban J connectivity index is 2.23.